The fourth-order valence-electron chi connectivity index (χ4n) is 1.07. The minimum atomic E-state index is -1.73. The average Bonchev–Trinajstić information content (AvgIpc) is 1.95. The Morgan fingerprint density at radius 2 is 2.00 bits per heavy atom. The third-order valence-corrected chi connectivity index (χ3v) is 3.61. The second-order valence-corrected chi connectivity index (χ2v) is 4.15. The highest BCUT2D eigenvalue weighted by Gasteiger charge is 2.59. The van der Waals surface area contributed by atoms with E-state index in [1.54, 1.807) is 6.92 Å². The Balaban J connectivity index is 2.95. The van der Waals surface area contributed by atoms with Crippen molar-refractivity contribution in [2.75, 3.05) is 0 Å². The summed E-state index contributed by atoms with van der Waals surface area (Å²) in [6.07, 6.45) is -0.484. The van der Waals surface area contributed by atoms with Crippen LogP contribution in [0.2, 0.25) is 0 Å². The van der Waals surface area contributed by atoms with Gasteiger partial charge in [0.25, 0.3) is 0 Å². The van der Waals surface area contributed by atoms with Gasteiger partial charge in [-0.05, 0) is 20.8 Å². The molecule has 2 nitrogen and oxygen atoms in total. The fourth-order valence-corrected chi connectivity index (χ4v) is 1.85. The molecule has 0 amide bonds. The molecule has 0 saturated carbocycles. The van der Waals surface area contributed by atoms with Crippen molar-refractivity contribution in [1.82, 2.24) is 0 Å². The predicted molar refractivity (Wildman–Crippen MR) is 43.4 cm³/mol. The maximum Gasteiger partial charge on any atom is 0.174 e. The van der Waals surface area contributed by atoms with Crippen molar-refractivity contribution in [3.8, 4) is 0 Å². The topological polar surface area (TPSA) is 29.5 Å². The second-order valence-electron chi connectivity index (χ2n) is 3.32. The zero-order valence-corrected chi connectivity index (χ0v) is 8.35. The molecule has 1 N–H and O–H groups in total. The maximum atomic E-state index is 13.6. The minimum Gasteiger partial charge on any atom is -0.384 e. The first-order chi connectivity index (χ1) is 4.80. The summed E-state index contributed by atoms with van der Waals surface area (Å²) in [5, 5.41) is 8.91. The smallest absolute Gasteiger partial charge is 0.174 e. The number of alkyl halides is 2. The van der Waals surface area contributed by atoms with Crippen LogP contribution in [0.4, 0.5) is 4.39 Å². The molecule has 1 heterocycles. The van der Waals surface area contributed by atoms with Crippen molar-refractivity contribution in [3.63, 3.8) is 0 Å². The molecule has 11 heavy (non-hydrogen) atoms. The van der Waals surface area contributed by atoms with Crippen molar-refractivity contribution in [3.05, 3.63) is 0 Å². The van der Waals surface area contributed by atoms with Gasteiger partial charge < -0.3 is 9.84 Å². The van der Waals surface area contributed by atoms with E-state index < -0.39 is 22.4 Å². The molecule has 1 aliphatic heterocycles. The maximum absolute atomic E-state index is 13.6. The Bertz CT molecular complexity index is 152. The first-order valence-corrected chi connectivity index (χ1v) is 4.42. The first kappa shape index (κ1) is 9.42. The van der Waals surface area contributed by atoms with Gasteiger partial charge in [0.05, 0.1) is 6.10 Å². The van der Waals surface area contributed by atoms with Crippen molar-refractivity contribution in [2.45, 2.75) is 43.2 Å². The molecule has 0 aliphatic carbocycles. The summed E-state index contributed by atoms with van der Waals surface area (Å²) in [4.78, 5) is 0. The zero-order chi connectivity index (χ0) is 8.86. The molecule has 0 aromatic heterocycles. The number of hydrogen-bond acceptors (Lipinski definition) is 2. The second kappa shape index (κ2) is 2.41. The SMILES string of the molecule is CC1OC(Br)C(C)(F)C1(C)O. The van der Waals surface area contributed by atoms with E-state index >= 15 is 0 Å². The lowest BCUT2D eigenvalue weighted by molar-refractivity contribution is -0.0695. The van der Waals surface area contributed by atoms with E-state index in [-0.39, 0.29) is 0 Å². The van der Waals surface area contributed by atoms with Crippen molar-refractivity contribution >= 4 is 15.9 Å². The summed E-state index contributed by atoms with van der Waals surface area (Å²) < 4.78 is 18.7. The van der Waals surface area contributed by atoms with Crippen LogP contribution in [0.5, 0.6) is 0 Å². The van der Waals surface area contributed by atoms with Crippen molar-refractivity contribution < 1.29 is 14.2 Å². The van der Waals surface area contributed by atoms with E-state index in [0.717, 1.165) is 0 Å². The largest absolute Gasteiger partial charge is 0.384 e. The standard InChI is InChI=1S/C7H12BrFO2/c1-4-7(3,10)6(2,9)5(8)11-4/h4-5,10H,1-3H3. The molecule has 4 atom stereocenters. The number of ether oxygens (including phenoxy) is 1. The lowest BCUT2D eigenvalue weighted by Crippen LogP contribution is -2.50. The Kier molecular flexibility index (Phi) is 2.06. The molecular formula is C7H12BrFO2. The number of rotatable bonds is 0. The van der Waals surface area contributed by atoms with Gasteiger partial charge in [-0.25, -0.2) is 4.39 Å². The van der Waals surface area contributed by atoms with Gasteiger partial charge in [0.1, 0.15) is 10.6 Å². The highest BCUT2D eigenvalue weighted by Crippen LogP contribution is 2.44. The van der Waals surface area contributed by atoms with Crippen LogP contribution in [-0.2, 0) is 4.74 Å². The van der Waals surface area contributed by atoms with Crippen molar-refractivity contribution in [2.24, 2.45) is 0 Å². The minimum absolute atomic E-state index is 0.484. The first-order valence-electron chi connectivity index (χ1n) is 3.51. The highest BCUT2D eigenvalue weighted by atomic mass is 79.9. The molecule has 4 heteroatoms. The molecule has 1 fully saturated rings. The number of hydrogen-bond donors (Lipinski definition) is 1. The molecule has 0 radical (unpaired) electrons. The quantitative estimate of drug-likeness (QED) is 0.637. The van der Waals surface area contributed by atoms with Gasteiger partial charge in [0, 0.05) is 0 Å². The van der Waals surface area contributed by atoms with E-state index in [2.05, 4.69) is 15.9 Å². The third-order valence-electron chi connectivity index (χ3n) is 2.53. The molecule has 0 aromatic carbocycles. The summed E-state index contributed by atoms with van der Waals surface area (Å²) in [5.41, 5.74) is -3.15. The summed E-state index contributed by atoms with van der Waals surface area (Å²) in [7, 11) is 0. The lowest BCUT2D eigenvalue weighted by atomic mass is 9.87. The predicted octanol–water partition coefficient (Wildman–Crippen LogP) is 1.61. The summed E-state index contributed by atoms with van der Waals surface area (Å²) >= 11 is 3.02. The zero-order valence-electron chi connectivity index (χ0n) is 6.77. The van der Waals surface area contributed by atoms with Gasteiger partial charge in [-0.15, -0.1) is 0 Å². The van der Waals surface area contributed by atoms with Crippen LogP contribution in [0.3, 0.4) is 0 Å². The van der Waals surface area contributed by atoms with Crippen LogP contribution in [0.1, 0.15) is 20.8 Å². The fraction of sp³-hybridized carbons (Fsp3) is 1.00. The molecule has 0 aromatic rings. The number of halogens is 2. The molecule has 1 saturated heterocycles. The van der Waals surface area contributed by atoms with Gasteiger partial charge in [-0.2, -0.15) is 0 Å². The molecule has 0 bridgehead atoms. The summed E-state index contributed by atoms with van der Waals surface area (Å²) in [6.45, 7) is 4.42. The van der Waals surface area contributed by atoms with Crippen LogP contribution in [0.15, 0.2) is 0 Å². The van der Waals surface area contributed by atoms with Gasteiger partial charge in [0.15, 0.2) is 5.67 Å². The third kappa shape index (κ3) is 1.12. The van der Waals surface area contributed by atoms with Crippen LogP contribution < -0.4 is 0 Å². The summed E-state index contributed by atoms with van der Waals surface area (Å²) in [6, 6.07) is 0. The molecule has 1 aliphatic rings. The van der Waals surface area contributed by atoms with Crippen molar-refractivity contribution in [1.29, 1.82) is 0 Å². The van der Waals surface area contributed by atoms with Crippen LogP contribution in [0.25, 0.3) is 0 Å². The molecule has 4 unspecified atom stereocenters. The Morgan fingerprint density at radius 3 is 2.09 bits per heavy atom. The van der Waals surface area contributed by atoms with Gasteiger partial charge in [0.2, 0.25) is 0 Å². The molecule has 66 valence electrons. The Hall–Kier alpha value is 0.330. The molecule has 0 spiro atoms. The normalized spacial score (nSPS) is 58.4. The van der Waals surface area contributed by atoms with Gasteiger partial charge in [-0.1, -0.05) is 15.9 Å². The molecular weight excluding hydrogens is 215 g/mol. The Labute approximate surface area is 73.9 Å². The van der Waals surface area contributed by atoms with E-state index in [0.29, 0.717) is 0 Å². The average molecular weight is 227 g/mol. The lowest BCUT2D eigenvalue weighted by Gasteiger charge is -2.30. The molecule has 1 rings (SSSR count). The van der Waals surface area contributed by atoms with Crippen LogP contribution in [0, 0.1) is 0 Å². The van der Waals surface area contributed by atoms with E-state index in [1.807, 2.05) is 0 Å². The van der Waals surface area contributed by atoms with Crippen LogP contribution >= 0.6 is 15.9 Å². The highest BCUT2D eigenvalue weighted by molar-refractivity contribution is 9.09. The Morgan fingerprint density at radius 1 is 1.55 bits per heavy atom. The van der Waals surface area contributed by atoms with Crippen LogP contribution in [-0.4, -0.2) is 27.5 Å². The van der Waals surface area contributed by atoms with Gasteiger partial charge in [-0.3, -0.25) is 0 Å². The van der Waals surface area contributed by atoms with E-state index in [4.69, 9.17) is 4.74 Å². The van der Waals surface area contributed by atoms with E-state index in [1.165, 1.54) is 13.8 Å². The monoisotopic (exact) mass is 226 g/mol. The van der Waals surface area contributed by atoms with Gasteiger partial charge >= 0.3 is 0 Å². The number of aliphatic hydroxyl groups is 1. The van der Waals surface area contributed by atoms with E-state index in [9.17, 15) is 9.50 Å². The summed E-state index contributed by atoms with van der Waals surface area (Å²) in [5.74, 6) is 0.